The second kappa shape index (κ2) is 7.25. The lowest BCUT2D eigenvalue weighted by Crippen LogP contribution is -2.45. The van der Waals surface area contributed by atoms with Crippen LogP contribution >= 0.6 is 12.4 Å². The van der Waals surface area contributed by atoms with Gasteiger partial charge < -0.3 is 11.1 Å². The predicted octanol–water partition coefficient (Wildman–Crippen LogP) is 3.85. The van der Waals surface area contributed by atoms with Crippen molar-refractivity contribution in [2.75, 3.05) is 5.32 Å². The third kappa shape index (κ3) is 3.67. The van der Waals surface area contributed by atoms with Crippen molar-refractivity contribution in [1.29, 1.82) is 0 Å². The standard InChI is InChI=1S/C19H22N4O.ClH/c1-13(2)23-17-11-16(10-9-14(17)12-21-23)22-18(24)19(3,20)15-7-5-4-6-8-15;/h4-13H,20H2,1-3H3,(H,22,24);1H. The fraction of sp³-hybridized carbons (Fsp3) is 0.263. The minimum Gasteiger partial charge on any atom is -0.324 e. The monoisotopic (exact) mass is 358 g/mol. The molecule has 3 rings (SSSR count). The van der Waals surface area contributed by atoms with Crippen molar-refractivity contribution in [3.05, 3.63) is 60.3 Å². The highest BCUT2D eigenvalue weighted by atomic mass is 35.5. The molecule has 1 unspecified atom stereocenters. The zero-order valence-corrected chi connectivity index (χ0v) is 15.4. The van der Waals surface area contributed by atoms with Crippen molar-refractivity contribution >= 4 is 34.9 Å². The van der Waals surface area contributed by atoms with Crippen LogP contribution in [0.25, 0.3) is 10.9 Å². The van der Waals surface area contributed by atoms with Crippen molar-refractivity contribution in [1.82, 2.24) is 9.78 Å². The highest BCUT2D eigenvalue weighted by Crippen LogP contribution is 2.24. The minimum absolute atomic E-state index is 0. The number of amides is 1. The lowest BCUT2D eigenvalue weighted by atomic mass is 9.92. The van der Waals surface area contributed by atoms with Gasteiger partial charge in [-0.1, -0.05) is 30.3 Å². The minimum atomic E-state index is -1.10. The molecule has 6 heteroatoms. The lowest BCUT2D eigenvalue weighted by molar-refractivity contribution is -0.120. The smallest absolute Gasteiger partial charge is 0.248 e. The molecule has 0 radical (unpaired) electrons. The Hall–Kier alpha value is -2.37. The summed E-state index contributed by atoms with van der Waals surface area (Å²) in [6, 6.07) is 15.4. The Morgan fingerprint density at radius 2 is 1.88 bits per heavy atom. The summed E-state index contributed by atoms with van der Waals surface area (Å²) in [6.07, 6.45) is 1.83. The molecule has 0 aliphatic heterocycles. The van der Waals surface area contributed by atoms with Gasteiger partial charge in [0.25, 0.3) is 0 Å². The Balaban J connectivity index is 0.00000225. The number of aromatic nitrogens is 2. The summed E-state index contributed by atoms with van der Waals surface area (Å²) in [5, 5.41) is 8.36. The molecule has 1 amide bonds. The molecule has 0 saturated heterocycles. The maximum Gasteiger partial charge on any atom is 0.248 e. The number of halogens is 1. The van der Waals surface area contributed by atoms with Crippen LogP contribution in [0.5, 0.6) is 0 Å². The van der Waals surface area contributed by atoms with Crippen LogP contribution in [0, 0.1) is 0 Å². The van der Waals surface area contributed by atoms with E-state index >= 15 is 0 Å². The zero-order chi connectivity index (χ0) is 17.3. The first-order valence-corrected chi connectivity index (χ1v) is 8.02. The number of nitrogens with two attached hydrogens (primary N) is 1. The van der Waals surface area contributed by atoms with Crippen molar-refractivity contribution in [2.45, 2.75) is 32.4 Å². The number of hydrogen-bond donors (Lipinski definition) is 2. The largest absolute Gasteiger partial charge is 0.324 e. The van der Waals surface area contributed by atoms with Gasteiger partial charge in [0.05, 0.1) is 11.7 Å². The van der Waals surface area contributed by atoms with Crippen LogP contribution in [0.3, 0.4) is 0 Å². The van der Waals surface area contributed by atoms with Crippen molar-refractivity contribution in [3.8, 4) is 0 Å². The van der Waals surface area contributed by atoms with E-state index < -0.39 is 5.54 Å². The van der Waals surface area contributed by atoms with E-state index in [-0.39, 0.29) is 24.4 Å². The third-order valence-electron chi connectivity index (χ3n) is 4.19. The molecular formula is C19H23ClN4O. The zero-order valence-electron chi connectivity index (χ0n) is 14.6. The molecule has 0 fully saturated rings. The molecule has 0 bridgehead atoms. The fourth-order valence-electron chi connectivity index (χ4n) is 2.70. The van der Waals surface area contributed by atoms with E-state index in [0.717, 1.165) is 16.5 Å². The highest BCUT2D eigenvalue weighted by molar-refractivity contribution is 5.99. The summed E-state index contributed by atoms with van der Waals surface area (Å²) in [5.41, 5.74) is 7.64. The maximum atomic E-state index is 12.7. The number of nitrogens with one attached hydrogen (secondary N) is 1. The highest BCUT2D eigenvalue weighted by Gasteiger charge is 2.30. The van der Waals surface area contributed by atoms with E-state index in [0.29, 0.717) is 5.69 Å². The Bertz CT molecular complexity index is 872. The first-order valence-electron chi connectivity index (χ1n) is 8.02. The van der Waals surface area contributed by atoms with Gasteiger partial charge in [0.2, 0.25) is 5.91 Å². The summed E-state index contributed by atoms with van der Waals surface area (Å²) >= 11 is 0. The maximum absolute atomic E-state index is 12.7. The molecule has 1 heterocycles. The second-order valence-corrected chi connectivity index (χ2v) is 6.48. The number of nitrogens with zero attached hydrogens (tertiary/aromatic N) is 2. The van der Waals surface area contributed by atoms with Crippen LogP contribution in [-0.2, 0) is 10.3 Å². The van der Waals surface area contributed by atoms with E-state index in [1.165, 1.54) is 0 Å². The van der Waals surface area contributed by atoms with Gasteiger partial charge in [0.1, 0.15) is 5.54 Å². The van der Waals surface area contributed by atoms with E-state index in [1.54, 1.807) is 6.92 Å². The Kier molecular flexibility index (Phi) is 5.50. The molecule has 5 nitrogen and oxygen atoms in total. The van der Waals surface area contributed by atoms with Gasteiger partial charge in [-0.3, -0.25) is 9.48 Å². The molecule has 0 aliphatic carbocycles. The summed E-state index contributed by atoms with van der Waals surface area (Å²) in [7, 11) is 0. The van der Waals surface area contributed by atoms with Gasteiger partial charge in [-0.05, 0) is 44.5 Å². The van der Waals surface area contributed by atoms with Crippen LogP contribution < -0.4 is 11.1 Å². The Labute approximate surface area is 153 Å². The van der Waals surface area contributed by atoms with Crippen LogP contribution in [0.4, 0.5) is 5.69 Å². The van der Waals surface area contributed by atoms with Gasteiger partial charge >= 0.3 is 0 Å². The number of rotatable bonds is 4. The van der Waals surface area contributed by atoms with Gasteiger partial charge in [-0.15, -0.1) is 12.4 Å². The summed E-state index contributed by atoms with van der Waals surface area (Å²) in [6.45, 7) is 5.86. The number of benzene rings is 2. The average Bonchev–Trinajstić information content (AvgIpc) is 2.99. The SMILES string of the molecule is CC(C)n1ncc2ccc(NC(=O)C(C)(N)c3ccccc3)cc21.Cl. The number of anilines is 1. The van der Waals surface area contributed by atoms with E-state index in [1.807, 2.05) is 59.4 Å². The van der Waals surface area contributed by atoms with Crippen molar-refractivity contribution in [3.63, 3.8) is 0 Å². The second-order valence-electron chi connectivity index (χ2n) is 6.48. The van der Waals surface area contributed by atoms with E-state index in [4.69, 9.17) is 5.73 Å². The van der Waals surface area contributed by atoms with Crippen LogP contribution in [-0.4, -0.2) is 15.7 Å². The Morgan fingerprint density at radius 1 is 1.20 bits per heavy atom. The van der Waals surface area contributed by atoms with Crippen molar-refractivity contribution in [2.24, 2.45) is 5.73 Å². The summed E-state index contributed by atoms with van der Waals surface area (Å²) in [4.78, 5) is 12.7. The third-order valence-corrected chi connectivity index (χ3v) is 4.19. The number of carbonyl (C=O) groups is 1. The molecule has 1 aromatic heterocycles. The van der Waals surface area contributed by atoms with Gasteiger partial charge in [0.15, 0.2) is 0 Å². The quantitative estimate of drug-likeness (QED) is 0.744. The average molecular weight is 359 g/mol. The van der Waals surface area contributed by atoms with Gasteiger partial charge in [0, 0.05) is 17.1 Å². The van der Waals surface area contributed by atoms with E-state index in [2.05, 4.69) is 24.3 Å². The summed E-state index contributed by atoms with van der Waals surface area (Å²) < 4.78 is 1.93. The fourth-order valence-corrected chi connectivity index (χ4v) is 2.70. The molecule has 0 aliphatic rings. The van der Waals surface area contributed by atoms with Gasteiger partial charge in [-0.2, -0.15) is 5.10 Å². The first kappa shape index (κ1) is 19.0. The predicted molar refractivity (Wildman–Crippen MR) is 104 cm³/mol. The molecule has 25 heavy (non-hydrogen) atoms. The molecule has 0 spiro atoms. The Morgan fingerprint density at radius 3 is 2.52 bits per heavy atom. The molecular weight excluding hydrogens is 336 g/mol. The molecule has 132 valence electrons. The van der Waals surface area contributed by atoms with Crippen LogP contribution in [0.2, 0.25) is 0 Å². The summed E-state index contributed by atoms with van der Waals surface area (Å²) in [5.74, 6) is -0.247. The first-order chi connectivity index (χ1) is 11.4. The molecule has 0 saturated carbocycles. The number of fused-ring (bicyclic) bond motifs is 1. The number of carbonyl (C=O) groups excluding carboxylic acids is 1. The topological polar surface area (TPSA) is 72.9 Å². The van der Waals surface area contributed by atoms with Crippen LogP contribution in [0.1, 0.15) is 32.4 Å². The molecule has 3 aromatic rings. The van der Waals surface area contributed by atoms with E-state index in [9.17, 15) is 4.79 Å². The normalized spacial score (nSPS) is 13.3. The molecule has 3 N–H and O–H groups in total. The van der Waals surface area contributed by atoms with Crippen molar-refractivity contribution < 1.29 is 4.79 Å². The molecule has 2 aromatic carbocycles. The van der Waals surface area contributed by atoms with Crippen LogP contribution in [0.15, 0.2) is 54.7 Å². The van der Waals surface area contributed by atoms with Gasteiger partial charge in [-0.25, -0.2) is 0 Å². The lowest BCUT2D eigenvalue weighted by Gasteiger charge is -2.24. The number of hydrogen-bond acceptors (Lipinski definition) is 3. The molecule has 1 atom stereocenters.